The molecule has 0 radical (unpaired) electrons. The number of rotatable bonds is 3. The highest BCUT2D eigenvalue weighted by molar-refractivity contribution is 7.20. The molecule has 4 aromatic rings. The van der Waals surface area contributed by atoms with Crippen molar-refractivity contribution in [2.45, 2.75) is 6.92 Å². The molecule has 2 aromatic heterocycles. The number of fused-ring (bicyclic) bond motifs is 1. The number of nitrogens with zero attached hydrogens (tertiary/aromatic N) is 4. The molecule has 1 amide bonds. The topological polar surface area (TPSA) is 41.4 Å². The highest BCUT2D eigenvalue weighted by Gasteiger charge is 2.25. The molecule has 1 aliphatic rings. The van der Waals surface area contributed by atoms with Gasteiger partial charge in [-0.2, -0.15) is 5.10 Å². The second-order valence-electron chi connectivity index (χ2n) is 7.53. The van der Waals surface area contributed by atoms with E-state index in [4.69, 9.17) is 23.2 Å². The molecular weight excluding hydrogens is 451 g/mol. The number of aryl methyl sites for hydroxylation is 1. The summed E-state index contributed by atoms with van der Waals surface area (Å²) in [5.41, 5.74) is 2.86. The number of amides is 1. The molecule has 0 spiro atoms. The van der Waals surface area contributed by atoms with Crippen LogP contribution in [0.4, 0.5) is 5.69 Å². The fourth-order valence-electron chi connectivity index (χ4n) is 3.92. The fourth-order valence-corrected chi connectivity index (χ4v) is 5.46. The minimum atomic E-state index is 0.0714. The lowest BCUT2D eigenvalue weighted by molar-refractivity contribution is 0.0752. The van der Waals surface area contributed by atoms with E-state index in [-0.39, 0.29) is 5.91 Å². The number of benzene rings is 2. The molecule has 1 fully saturated rings. The van der Waals surface area contributed by atoms with Crippen molar-refractivity contribution in [1.82, 2.24) is 14.7 Å². The third-order valence-electron chi connectivity index (χ3n) is 5.59. The molecule has 0 saturated carbocycles. The molecule has 0 atom stereocenters. The highest BCUT2D eigenvalue weighted by atomic mass is 35.5. The molecule has 5 nitrogen and oxygen atoms in total. The lowest BCUT2D eigenvalue weighted by Gasteiger charge is -2.36. The summed E-state index contributed by atoms with van der Waals surface area (Å²) in [6.45, 7) is 4.83. The summed E-state index contributed by atoms with van der Waals surface area (Å²) in [6.07, 6.45) is 0. The molecule has 3 heterocycles. The van der Waals surface area contributed by atoms with Gasteiger partial charge in [-0.05, 0) is 49.4 Å². The van der Waals surface area contributed by atoms with Crippen LogP contribution in [0, 0.1) is 6.92 Å². The van der Waals surface area contributed by atoms with Gasteiger partial charge in [-0.1, -0.05) is 35.3 Å². The van der Waals surface area contributed by atoms with E-state index in [1.54, 1.807) is 0 Å². The first-order chi connectivity index (χ1) is 15.0. The van der Waals surface area contributed by atoms with Gasteiger partial charge in [-0.3, -0.25) is 4.79 Å². The summed E-state index contributed by atoms with van der Waals surface area (Å²) in [4.78, 5) is 19.1. The number of carbonyl (C=O) groups excluding carboxylic acids is 1. The minimum Gasteiger partial charge on any atom is -0.367 e. The maximum Gasteiger partial charge on any atom is 0.264 e. The smallest absolute Gasteiger partial charge is 0.264 e. The van der Waals surface area contributed by atoms with Gasteiger partial charge in [0.05, 0.1) is 27.0 Å². The van der Waals surface area contributed by atoms with Crippen molar-refractivity contribution in [2.24, 2.45) is 0 Å². The summed E-state index contributed by atoms with van der Waals surface area (Å²) >= 11 is 13.8. The number of piperazine rings is 1. The predicted molar refractivity (Wildman–Crippen MR) is 128 cm³/mol. The van der Waals surface area contributed by atoms with Crippen LogP contribution >= 0.6 is 34.5 Å². The Morgan fingerprint density at radius 3 is 2.42 bits per heavy atom. The number of para-hydroxylation sites is 1. The van der Waals surface area contributed by atoms with E-state index in [9.17, 15) is 4.79 Å². The van der Waals surface area contributed by atoms with E-state index in [0.717, 1.165) is 50.3 Å². The van der Waals surface area contributed by atoms with Gasteiger partial charge in [-0.25, -0.2) is 4.68 Å². The highest BCUT2D eigenvalue weighted by Crippen LogP contribution is 2.32. The summed E-state index contributed by atoms with van der Waals surface area (Å²) in [5.74, 6) is 0.0714. The lowest BCUT2D eigenvalue weighted by Crippen LogP contribution is -2.48. The predicted octanol–water partition coefficient (Wildman–Crippen LogP) is 5.66. The van der Waals surface area contributed by atoms with Crippen molar-refractivity contribution < 1.29 is 4.79 Å². The average molecular weight is 471 g/mol. The zero-order valence-electron chi connectivity index (χ0n) is 16.9. The zero-order chi connectivity index (χ0) is 21.5. The number of anilines is 1. The maximum atomic E-state index is 13.2. The third kappa shape index (κ3) is 3.80. The second-order valence-corrected chi connectivity index (χ2v) is 9.41. The Morgan fingerprint density at radius 1 is 1.00 bits per heavy atom. The molecule has 5 rings (SSSR count). The van der Waals surface area contributed by atoms with Crippen LogP contribution in [-0.2, 0) is 0 Å². The molecule has 0 unspecified atom stereocenters. The van der Waals surface area contributed by atoms with Gasteiger partial charge in [0.2, 0.25) is 0 Å². The van der Waals surface area contributed by atoms with E-state index in [1.165, 1.54) is 11.3 Å². The van der Waals surface area contributed by atoms with Crippen molar-refractivity contribution in [3.05, 3.63) is 75.2 Å². The van der Waals surface area contributed by atoms with Crippen LogP contribution in [0.15, 0.2) is 54.6 Å². The molecule has 2 aromatic carbocycles. The van der Waals surface area contributed by atoms with Gasteiger partial charge < -0.3 is 9.80 Å². The number of carbonyl (C=O) groups is 1. The Labute approximate surface area is 194 Å². The third-order valence-corrected chi connectivity index (χ3v) is 7.26. The Kier molecular flexibility index (Phi) is 5.38. The molecule has 0 N–H and O–H groups in total. The van der Waals surface area contributed by atoms with Crippen LogP contribution in [0.3, 0.4) is 0 Å². The lowest BCUT2D eigenvalue weighted by atomic mass is 10.2. The van der Waals surface area contributed by atoms with E-state index in [1.807, 2.05) is 71.1 Å². The molecular formula is C23H20Cl2N4OS. The van der Waals surface area contributed by atoms with Gasteiger partial charge in [0.1, 0.15) is 4.83 Å². The molecule has 1 aliphatic heterocycles. The van der Waals surface area contributed by atoms with Gasteiger partial charge in [0, 0.05) is 36.6 Å². The van der Waals surface area contributed by atoms with E-state index in [2.05, 4.69) is 10.00 Å². The molecule has 31 heavy (non-hydrogen) atoms. The first kappa shape index (κ1) is 20.4. The van der Waals surface area contributed by atoms with Crippen molar-refractivity contribution in [1.29, 1.82) is 0 Å². The largest absolute Gasteiger partial charge is 0.367 e. The monoisotopic (exact) mass is 470 g/mol. The summed E-state index contributed by atoms with van der Waals surface area (Å²) in [7, 11) is 0. The van der Waals surface area contributed by atoms with Gasteiger partial charge in [0.25, 0.3) is 5.91 Å². The van der Waals surface area contributed by atoms with Crippen LogP contribution in [-0.4, -0.2) is 46.8 Å². The fraction of sp³-hybridized carbons (Fsp3) is 0.217. The Morgan fingerprint density at radius 2 is 1.71 bits per heavy atom. The first-order valence-corrected chi connectivity index (χ1v) is 11.6. The number of aromatic nitrogens is 2. The van der Waals surface area contributed by atoms with Crippen molar-refractivity contribution in [2.75, 3.05) is 31.1 Å². The summed E-state index contributed by atoms with van der Waals surface area (Å²) in [5, 5.41) is 7.09. The van der Waals surface area contributed by atoms with Crippen LogP contribution in [0.2, 0.25) is 10.0 Å². The second kappa shape index (κ2) is 8.19. The summed E-state index contributed by atoms with van der Waals surface area (Å²) in [6, 6.07) is 17.4. The van der Waals surface area contributed by atoms with Crippen LogP contribution in [0.5, 0.6) is 0 Å². The first-order valence-electron chi connectivity index (χ1n) is 10.0. The zero-order valence-corrected chi connectivity index (χ0v) is 19.2. The van der Waals surface area contributed by atoms with Gasteiger partial charge in [0.15, 0.2) is 0 Å². The maximum absolute atomic E-state index is 13.2. The molecule has 0 bridgehead atoms. The Balaban J connectivity index is 1.37. The van der Waals surface area contributed by atoms with E-state index >= 15 is 0 Å². The van der Waals surface area contributed by atoms with Crippen molar-refractivity contribution >= 4 is 56.3 Å². The standard InChI is InChI=1S/C23H20Cl2N4OS/c1-15-18-14-21(31-23(18)29(26-15)17-8-6-16(24)7-9-17)22(30)28-12-10-27(11-13-28)20-5-3-2-4-19(20)25/h2-9,14H,10-13H2,1H3. The van der Waals surface area contributed by atoms with Gasteiger partial charge in [-0.15, -0.1) is 11.3 Å². The number of halogens is 2. The number of hydrogen-bond donors (Lipinski definition) is 0. The molecule has 1 saturated heterocycles. The molecule has 8 heteroatoms. The quantitative estimate of drug-likeness (QED) is 0.387. The van der Waals surface area contributed by atoms with Gasteiger partial charge >= 0.3 is 0 Å². The van der Waals surface area contributed by atoms with E-state index in [0.29, 0.717) is 18.1 Å². The van der Waals surface area contributed by atoms with Crippen molar-refractivity contribution in [3.63, 3.8) is 0 Å². The number of thiophene rings is 1. The van der Waals surface area contributed by atoms with E-state index < -0.39 is 0 Å². The average Bonchev–Trinajstić information content (AvgIpc) is 3.35. The Bertz CT molecular complexity index is 1260. The normalized spacial score (nSPS) is 14.4. The van der Waals surface area contributed by atoms with Crippen LogP contribution in [0.25, 0.3) is 15.9 Å². The number of hydrogen-bond acceptors (Lipinski definition) is 4. The summed E-state index contributed by atoms with van der Waals surface area (Å²) < 4.78 is 1.89. The minimum absolute atomic E-state index is 0.0714. The SMILES string of the molecule is Cc1nn(-c2ccc(Cl)cc2)c2sc(C(=O)N3CCN(c4ccccc4Cl)CC3)cc12. The molecule has 158 valence electrons. The van der Waals surface area contributed by atoms with Crippen LogP contribution in [0.1, 0.15) is 15.4 Å². The Hall–Kier alpha value is -2.54. The molecule has 0 aliphatic carbocycles. The van der Waals surface area contributed by atoms with Crippen molar-refractivity contribution in [3.8, 4) is 5.69 Å². The van der Waals surface area contributed by atoms with Crippen LogP contribution < -0.4 is 4.90 Å².